The van der Waals surface area contributed by atoms with Crippen LogP contribution in [-0.4, -0.2) is 59.2 Å². The third kappa shape index (κ3) is 16.3. The van der Waals surface area contributed by atoms with E-state index in [4.69, 9.17) is 18.5 Å². The first-order valence-electron chi connectivity index (χ1n) is 19.5. The van der Waals surface area contributed by atoms with Gasteiger partial charge in [-0.15, -0.1) is 24.2 Å². The molecule has 54 heavy (non-hydrogen) atoms. The van der Waals surface area contributed by atoms with Gasteiger partial charge in [-0.2, -0.15) is 8.42 Å². The lowest BCUT2D eigenvalue weighted by atomic mass is 9.99. The minimum Gasteiger partial charge on any atom is -0.497 e. The van der Waals surface area contributed by atoms with E-state index < -0.39 is 10.1 Å². The van der Waals surface area contributed by atoms with Crippen molar-refractivity contribution in [3.05, 3.63) is 77.9 Å². The third-order valence-corrected chi connectivity index (χ3v) is 11.7. The van der Waals surface area contributed by atoms with Crippen LogP contribution in [0.2, 0.25) is 0 Å². The van der Waals surface area contributed by atoms with Crippen LogP contribution in [0.4, 0.5) is 0 Å². The standard InChI is InChI=1S/C35H43NO5S2.C7H16.C2H2.CH2O/c1-3-4-5-9-24-43(37,38)41-31-18-19-32-33(35(42-34(32)26-31)28-12-16-29(39-2)17-13-28)25-27-10-14-30(15-11-27)40-23-22-36-20-7-6-8-21-36;1-3-5-7-6-4-2;2*1-2/h10-19,26H,3-9,20-25H2,1-2H3;3-7H2,1-2H3;1-2H;1H2. The molecule has 0 unspecified atom stereocenters. The van der Waals surface area contributed by atoms with Crippen LogP contribution in [0.3, 0.4) is 0 Å². The zero-order valence-electron chi connectivity index (χ0n) is 33.2. The van der Waals surface area contributed by atoms with E-state index in [1.165, 1.54) is 75.6 Å². The number of carbonyl (C=O) groups is 1. The molecule has 1 aliphatic heterocycles. The van der Waals surface area contributed by atoms with E-state index in [1.807, 2.05) is 31.1 Å². The number of unbranched alkanes of at least 4 members (excludes halogenated alkanes) is 7. The number of nitrogens with zero attached hydrogens (tertiary/aromatic N) is 1. The number of thiophene rings is 1. The van der Waals surface area contributed by atoms with E-state index in [-0.39, 0.29) is 5.75 Å². The maximum absolute atomic E-state index is 12.6. The van der Waals surface area contributed by atoms with Gasteiger partial charge in [0.1, 0.15) is 30.6 Å². The van der Waals surface area contributed by atoms with E-state index >= 15 is 0 Å². The zero-order chi connectivity index (χ0) is 39.6. The van der Waals surface area contributed by atoms with Crippen molar-refractivity contribution >= 4 is 38.3 Å². The van der Waals surface area contributed by atoms with Gasteiger partial charge in [0.15, 0.2) is 0 Å². The lowest BCUT2D eigenvalue weighted by molar-refractivity contribution is -0.0980. The van der Waals surface area contributed by atoms with Crippen LogP contribution in [0.15, 0.2) is 66.7 Å². The minimum absolute atomic E-state index is 0.0375. The number of hydrogen-bond acceptors (Lipinski definition) is 8. The SMILES string of the molecule is C#C.C=O.CCCCCCC.CCCCCCS(=O)(=O)Oc1ccc2c(Cc3ccc(OCCN4CCCCC4)cc3)c(-c3ccc(OC)cc3)sc2c1. The maximum atomic E-state index is 12.6. The second kappa shape index (κ2) is 26.9. The number of ether oxygens (including phenoxy) is 2. The number of terminal acetylenes is 1. The normalized spacial score (nSPS) is 12.6. The van der Waals surface area contributed by atoms with Crippen LogP contribution in [-0.2, 0) is 21.3 Å². The summed E-state index contributed by atoms with van der Waals surface area (Å²) in [6.45, 7) is 12.6. The summed E-state index contributed by atoms with van der Waals surface area (Å²) in [6.07, 6.45) is 23.3. The summed E-state index contributed by atoms with van der Waals surface area (Å²) in [6, 6.07) is 22.1. The van der Waals surface area contributed by atoms with Gasteiger partial charge < -0.3 is 18.5 Å². The van der Waals surface area contributed by atoms with Crippen LogP contribution in [0.5, 0.6) is 17.2 Å². The molecule has 1 fully saturated rings. The van der Waals surface area contributed by atoms with Crippen molar-refractivity contribution in [3.63, 3.8) is 0 Å². The fourth-order valence-electron chi connectivity index (χ4n) is 6.29. The van der Waals surface area contributed by atoms with E-state index in [2.05, 4.69) is 74.9 Å². The van der Waals surface area contributed by atoms with E-state index in [0.29, 0.717) is 18.8 Å². The quantitative estimate of drug-likeness (QED) is 0.0532. The average molecular weight is 778 g/mol. The van der Waals surface area contributed by atoms with Crippen molar-refractivity contribution in [3.8, 4) is 40.5 Å². The molecule has 296 valence electrons. The highest BCUT2D eigenvalue weighted by molar-refractivity contribution is 7.87. The van der Waals surface area contributed by atoms with Crippen molar-refractivity contribution in [1.82, 2.24) is 4.90 Å². The van der Waals surface area contributed by atoms with Gasteiger partial charge >= 0.3 is 10.1 Å². The van der Waals surface area contributed by atoms with E-state index in [0.717, 1.165) is 64.3 Å². The molecule has 1 aliphatic rings. The van der Waals surface area contributed by atoms with E-state index in [9.17, 15) is 8.42 Å². The van der Waals surface area contributed by atoms with Crippen LogP contribution >= 0.6 is 11.3 Å². The summed E-state index contributed by atoms with van der Waals surface area (Å²) in [5, 5.41) is 1.10. The number of benzene rings is 3. The molecular weight excluding hydrogens is 715 g/mol. The highest BCUT2D eigenvalue weighted by atomic mass is 32.2. The molecule has 2 heterocycles. The molecule has 4 aromatic rings. The smallest absolute Gasteiger partial charge is 0.309 e. The van der Waals surface area contributed by atoms with Gasteiger partial charge in [-0.3, -0.25) is 4.90 Å². The number of rotatable bonds is 19. The number of likely N-dealkylation sites (tertiary alicyclic amines) is 1. The molecule has 1 aromatic heterocycles. The first-order valence-corrected chi connectivity index (χ1v) is 21.9. The summed E-state index contributed by atoms with van der Waals surface area (Å²) < 4.78 is 43.2. The topological polar surface area (TPSA) is 82.1 Å². The van der Waals surface area contributed by atoms with Crippen LogP contribution < -0.4 is 13.7 Å². The molecule has 5 rings (SSSR count). The van der Waals surface area contributed by atoms with Crippen molar-refractivity contribution in [2.24, 2.45) is 0 Å². The predicted octanol–water partition coefficient (Wildman–Crippen LogP) is 11.4. The molecule has 7 nitrogen and oxygen atoms in total. The van der Waals surface area contributed by atoms with Crippen LogP contribution in [0, 0.1) is 12.8 Å². The fraction of sp³-hybridized carbons (Fsp3) is 0.489. The molecule has 0 bridgehead atoms. The Bertz CT molecular complexity index is 1700. The Hall–Kier alpha value is -3.84. The Morgan fingerprint density at radius 2 is 1.31 bits per heavy atom. The van der Waals surface area contributed by atoms with Crippen molar-refractivity contribution < 1.29 is 26.9 Å². The summed E-state index contributed by atoms with van der Waals surface area (Å²) in [5.41, 5.74) is 3.49. The lowest BCUT2D eigenvalue weighted by Gasteiger charge is -2.26. The van der Waals surface area contributed by atoms with E-state index in [1.54, 1.807) is 24.5 Å². The maximum Gasteiger partial charge on any atom is 0.309 e. The highest BCUT2D eigenvalue weighted by Gasteiger charge is 2.18. The minimum atomic E-state index is -3.64. The molecule has 0 N–H and O–H groups in total. The number of fused-ring (bicyclic) bond motifs is 1. The van der Waals surface area contributed by atoms with Crippen molar-refractivity contribution in [2.75, 3.05) is 39.1 Å². The third-order valence-electron chi connectivity index (χ3n) is 9.22. The number of piperidine rings is 1. The lowest BCUT2D eigenvalue weighted by Crippen LogP contribution is -2.33. The largest absolute Gasteiger partial charge is 0.497 e. The number of carbonyl (C=O) groups excluding carboxylic acids is 1. The van der Waals surface area contributed by atoms with Gasteiger partial charge in [0.2, 0.25) is 0 Å². The molecule has 0 saturated carbocycles. The van der Waals surface area contributed by atoms with Gasteiger partial charge in [0.05, 0.1) is 12.9 Å². The summed E-state index contributed by atoms with van der Waals surface area (Å²) in [5.74, 6) is 2.10. The van der Waals surface area contributed by atoms with Crippen molar-refractivity contribution in [2.45, 2.75) is 104 Å². The van der Waals surface area contributed by atoms with Crippen molar-refractivity contribution in [1.29, 1.82) is 0 Å². The molecule has 3 aromatic carbocycles. The summed E-state index contributed by atoms with van der Waals surface area (Å²) in [4.78, 5) is 11.6. The van der Waals surface area contributed by atoms with Gasteiger partial charge in [-0.05, 0) is 115 Å². The Labute approximate surface area is 330 Å². The molecule has 0 amide bonds. The van der Waals surface area contributed by atoms with Gasteiger partial charge in [-0.25, -0.2) is 0 Å². The zero-order valence-corrected chi connectivity index (χ0v) is 34.8. The Balaban J connectivity index is 0.000000814. The predicted molar refractivity (Wildman–Crippen MR) is 229 cm³/mol. The van der Waals surface area contributed by atoms with Gasteiger partial charge in [-0.1, -0.05) is 90.7 Å². The van der Waals surface area contributed by atoms with Crippen LogP contribution in [0.25, 0.3) is 20.5 Å². The Morgan fingerprint density at radius 1 is 0.741 bits per heavy atom. The molecule has 0 spiro atoms. The van der Waals surface area contributed by atoms with Gasteiger partial charge in [0.25, 0.3) is 0 Å². The summed E-state index contributed by atoms with van der Waals surface area (Å²) >= 11 is 1.66. The summed E-state index contributed by atoms with van der Waals surface area (Å²) in [7, 11) is -1.97. The second-order valence-electron chi connectivity index (χ2n) is 13.3. The molecule has 0 aliphatic carbocycles. The highest BCUT2D eigenvalue weighted by Crippen LogP contribution is 2.42. The molecule has 1 saturated heterocycles. The molecule has 0 atom stereocenters. The molecule has 0 radical (unpaired) electrons. The molecule has 9 heteroatoms. The average Bonchev–Trinajstić information content (AvgIpc) is 3.56. The first kappa shape index (κ1) is 46.3. The second-order valence-corrected chi connectivity index (χ2v) is 16.1. The molecular formula is C45H63NO6S2. The Morgan fingerprint density at radius 3 is 1.91 bits per heavy atom. The van der Waals surface area contributed by atoms with Gasteiger partial charge in [0, 0.05) is 16.1 Å². The first-order chi connectivity index (χ1) is 26.4. The monoisotopic (exact) mass is 777 g/mol. The van der Waals surface area contributed by atoms with Crippen LogP contribution in [0.1, 0.15) is 109 Å². The Kier molecular flexibility index (Phi) is 23.0. The number of hydrogen-bond donors (Lipinski definition) is 0. The fourth-order valence-corrected chi connectivity index (χ4v) is 8.58. The number of methoxy groups -OCH3 is 1.